The number of hydrogen-bond acceptors (Lipinski definition) is 4. The van der Waals surface area contributed by atoms with Crippen molar-refractivity contribution in [3.8, 4) is 5.75 Å². The number of carbonyl (C=O) groups excluding carboxylic acids is 1. The summed E-state index contributed by atoms with van der Waals surface area (Å²) >= 11 is 0. The molecule has 0 aliphatic carbocycles. The van der Waals surface area contributed by atoms with E-state index in [9.17, 15) is 4.79 Å². The Morgan fingerprint density at radius 2 is 2.04 bits per heavy atom. The average Bonchev–Trinajstić information content (AvgIpc) is 2.56. The summed E-state index contributed by atoms with van der Waals surface area (Å²) in [6, 6.07) is 10.7. The van der Waals surface area contributed by atoms with Crippen LogP contribution in [0.4, 0.5) is 0 Å². The summed E-state index contributed by atoms with van der Waals surface area (Å²) in [5, 5.41) is 0. The zero-order valence-corrected chi connectivity index (χ0v) is 13.1. The minimum atomic E-state index is -0.390. The van der Waals surface area contributed by atoms with Gasteiger partial charge in [-0.3, -0.25) is 0 Å². The molecule has 0 fully saturated rings. The minimum absolute atomic E-state index is 0.0613. The molecule has 0 spiro atoms. The van der Waals surface area contributed by atoms with Gasteiger partial charge in [0.2, 0.25) is 0 Å². The molecule has 1 unspecified atom stereocenters. The molecule has 1 aromatic carbocycles. The van der Waals surface area contributed by atoms with Gasteiger partial charge in [-0.25, -0.2) is 9.36 Å². The summed E-state index contributed by atoms with van der Waals surface area (Å²) < 4.78 is 18.2. The quantitative estimate of drug-likeness (QED) is 0.496. The molecule has 1 aliphatic rings. The number of hydrogen-bond donors (Lipinski definition) is 0. The molecule has 2 heterocycles. The number of nitrogens with zero attached hydrogens (tertiary/aromatic N) is 1. The van der Waals surface area contributed by atoms with Crippen LogP contribution in [0.3, 0.4) is 0 Å². The van der Waals surface area contributed by atoms with Crippen molar-refractivity contribution in [1.29, 1.82) is 0 Å². The first-order valence-electron chi connectivity index (χ1n) is 7.38. The van der Waals surface area contributed by atoms with Gasteiger partial charge in [0, 0.05) is 11.6 Å². The molecule has 23 heavy (non-hydrogen) atoms. The normalized spacial score (nSPS) is 16.8. The van der Waals surface area contributed by atoms with Crippen LogP contribution in [0, 0.1) is 0 Å². The number of pyridine rings is 1. The van der Waals surface area contributed by atoms with Gasteiger partial charge in [-0.15, -0.1) is 0 Å². The van der Waals surface area contributed by atoms with E-state index in [0.717, 1.165) is 5.56 Å². The standard InChI is InChI=1S/C18H18NO4/c1-13-11-22-17(12-21-13)14-5-7-16(8-6-14)23-18(20)15-4-3-9-19(2)10-15/h3-10,12-13H,11H2,1-2H3/q+1. The Morgan fingerprint density at radius 3 is 2.70 bits per heavy atom. The summed E-state index contributed by atoms with van der Waals surface area (Å²) in [6.45, 7) is 2.47. The fourth-order valence-electron chi connectivity index (χ4n) is 2.17. The molecule has 5 nitrogen and oxygen atoms in total. The Morgan fingerprint density at radius 1 is 1.26 bits per heavy atom. The van der Waals surface area contributed by atoms with E-state index in [4.69, 9.17) is 14.2 Å². The third kappa shape index (κ3) is 3.69. The van der Waals surface area contributed by atoms with Crippen LogP contribution in [0.5, 0.6) is 5.75 Å². The van der Waals surface area contributed by atoms with Gasteiger partial charge in [-0.2, -0.15) is 0 Å². The molecule has 0 bridgehead atoms. The van der Waals surface area contributed by atoms with Gasteiger partial charge in [0.05, 0.1) is 0 Å². The maximum absolute atomic E-state index is 12.1. The van der Waals surface area contributed by atoms with Crippen LogP contribution in [-0.2, 0) is 16.5 Å². The number of aryl methyl sites for hydroxylation is 1. The van der Waals surface area contributed by atoms with E-state index in [-0.39, 0.29) is 12.1 Å². The summed E-state index contributed by atoms with van der Waals surface area (Å²) in [4.78, 5) is 12.1. The number of rotatable bonds is 3. The number of esters is 1. The Kier molecular flexibility index (Phi) is 4.28. The van der Waals surface area contributed by atoms with E-state index in [1.54, 1.807) is 41.3 Å². The lowest BCUT2D eigenvalue weighted by Gasteiger charge is -2.21. The fourth-order valence-corrected chi connectivity index (χ4v) is 2.17. The highest BCUT2D eigenvalue weighted by Gasteiger charge is 2.15. The average molecular weight is 312 g/mol. The van der Waals surface area contributed by atoms with E-state index >= 15 is 0 Å². The molecule has 1 aliphatic heterocycles. The lowest BCUT2D eigenvalue weighted by atomic mass is 10.2. The molecular formula is C18H18NO4+. The zero-order chi connectivity index (χ0) is 16.2. The molecule has 118 valence electrons. The highest BCUT2D eigenvalue weighted by molar-refractivity contribution is 5.90. The number of aromatic nitrogens is 1. The third-order valence-corrected chi connectivity index (χ3v) is 3.41. The molecule has 1 atom stereocenters. The largest absolute Gasteiger partial charge is 0.491 e. The van der Waals surface area contributed by atoms with Gasteiger partial charge in [0.15, 0.2) is 18.2 Å². The first kappa shape index (κ1) is 15.1. The van der Waals surface area contributed by atoms with Crippen molar-refractivity contribution in [2.45, 2.75) is 13.0 Å². The molecule has 5 heteroatoms. The Labute approximate surface area is 134 Å². The van der Waals surface area contributed by atoms with Crippen molar-refractivity contribution in [1.82, 2.24) is 0 Å². The molecule has 0 N–H and O–H groups in total. The van der Waals surface area contributed by atoms with Gasteiger partial charge in [-0.1, -0.05) is 0 Å². The summed E-state index contributed by atoms with van der Waals surface area (Å²) in [7, 11) is 1.85. The molecule has 1 aromatic heterocycles. The highest BCUT2D eigenvalue weighted by atomic mass is 16.6. The van der Waals surface area contributed by atoms with E-state index < -0.39 is 0 Å². The lowest BCUT2D eigenvalue weighted by Crippen LogP contribution is -2.28. The number of ether oxygens (including phenoxy) is 3. The monoisotopic (exact) mass is 312 g/mol. The molecule has 2 aromatic rings. The van der Waals surface area contributed by atoms with Crippen molar-refractivity contribution in [3.05, 3.63) is 66.2 Å². The molecular weight excluding hydrogens is 294 g/mol. The van der Waals surface area contributed by atoms with E-state index in [1.165, 1.54) is 0 Å². The first-order chi connectivity index (χ1) is 11.1. The van der Waals surface area contributed by atoms with Gasteiger partial charge >= 0.3 is 5.97 Å². The molecule has 3 rings (SSSR count). The molecule has 0 amide bonds. The fraction of sp³-hybridized carbons (Fsp3) is 0.222. The van der Waals surface area contributed by atoms with Crippen LogP contribution in [0.2, 0.25) is 0 Å². The second kappa shape index (κ2) is 6.52. The van der Waals surface area contributed by atoms with Crippen LogP contribution in [0.15, 0.2) is 55.1 Å². The predicted molar refractivity (Wildman–Crippen MR) is 83.5 cm³/mol. The van der Waals surface area contributed by atoms with Crippen molar-refractivity contribution >= 4 is 11.7 Å². The second-order valence-electron chi connectivity index (χ2n) is 5.41. The first-order valence-corrected chi connectivity index (χ1v) is 7.38. The van der Waals surface area contributed by atoms with Crippen LogP contribution in [0.1, 0.15) is 22.8 Å². The van der Waals surface area contributed by atoms with Crippen LogP contribution < -0.4 is 9.30 Å². The number of carbonyl (C=O) groups is 1. The molecule has 0 saturated carbocycles. The van der Waals surface area contributed by atoms with Crippen LogP contribution in [-0.4, -0.2) is 18.7 Å². The zero-order valence-electron chi connectivity index (χ0n) is 13.1. The summed E-state index contributed by atoms with van der Waals surface area (Å²) in [6.07, 6.45) is 5.24. The maximum atomic E-state index is 12.1. The Balaban J connectivity index is 1.69. The van der Waals surface area contributed by atoms with E-state index in [1.807, 2.05) is 32.3 Å². The van der Waals surface area contributed by atoms with E-state index in [2.05, 4.69) is 0 Å². The van der Waals surface area contributed by atoms with Crippen molar-refractivity contribution in [2.24, 2.45) is 7.05 Å². The topological polar surface area (TPSA) is 48.6 Å². The van der Waals surface area contributed by atoms with E-state index in [0.29, 0.717) is 23.7 Å². The molecule has 0 saturated heterocycles. The third-order valence-electron chi connectivity index (χ3n) is 3.41. The lowest BCUT2D eigenvalue weighted by molar-refractivity contribution is -0.671. The van der Waals surface area contributed by atoms with Crippen molar-refractivity contribution in [3.63, 3.8) is 0 Å². The number of benzene rings is 1. The highest BCUT2D eigenvalue weighted by Crippen LogP contribution is 2.23. The Hall–Kier alpha value is -2.82. The smallest absolute Gasteiger partial charge is 0.349 e. The minimum Gasteiger partial charge on any atom is -0.491 e. The second-order valence-corrected chi connectivity index (χ2v) is 5.41. The van der Waals surface area contributed by atoms with Gasteiger partial charge < -0.3 is 14.2 Å². The van der Waals surface area contributed by atoms with Gasteiger partial charge in [-0.05, 0) is 37.3 Å². The van der Waals surface area contributed by atoms with Crippen LogP contribution >= 0.6 is 0 Å². The summed E-state index contributed by atoms with van der Waals surface area (Å²) in [5.41, 5.74) is 1.38. The van der Waals surface area contributed by atoms with Gasteiger partial charge in [0.1, 0.15) is 37.3 Å². The maximum Gasteiger partial charge on any atom is 0.349 e. The predicted octanol–water partition coefficient (Wildman–Crippen LogP) is 2.46. The van der Waals surface area contributed by atoms with Crippen molar-refractivity contribution in [2.75, 3.05) is 6.61 Å². The SMILES string of the molecule is CC1COC(c2ccc(OC(=O)c3ccc[n+](C)c3)cc2)=CO1. The van der Waals surface area contributed by atoms with Crippen LogP contribution in [0.25, 0.3) is 5.76 Å². The summed E-state index contributed by atoms with van der Waals surface area (Å²) in [5.74, 6) is 0.770. The van der Waals surface area contributed by atoms with Gasteiger partial charge in [0.25, 0.3) is 0 Å². The molecule has 0 radical (unpaired) electrons. The van der Waals surface area contributed by atoms with Crippen molar-refractivity contribution < 1.29 is 23.6 Å². The Bertz CT molecular complexity index is 737.